The summed E-state index contributed by atoms with van der Waals surface area (Å²) in [4.78, 5) is 0. The monoisotopic (exact) mass is 174 g/mol. The minimum absolute atomic E-state index is 0.573. The van der Waals surface area contributed by atoms with Crippen LogP contribution < -0.4 is 5.73 Å². The maximum Gasteiger partial charge on any atom is 0.147 e. The van der Waals surface area contributed by atoms with Crippen LogP contribution in [0.25, 0.3) is 11.3 Å². The van der Waals surface area contributed by atoms with Crippen LogP contribution in [0.2, 0.25) is 0 Å². The minimum Gasteiger partial charge on any atom is -0.394 e. The van der Waals surface area contributed by atoms with Gasteiger partial charge >= 0.3 is 0 Å². The summed E-state index contributed by atoms with van der Waals surface area (Å²) in [6.45, 7) is 2.04. The first-order chi connectivity index (χ1) is 6.27. The van der Waals surface area contributed by atoms with E-state index < -0.39 is 0 Å². The summed E-state index contributed by atoms with van der Waals surface area (Å²) in [7, 11) is 0. The van der Waals surface area contributed by atoms with Crippen LogP contribution in [0.5, 0.6) is 0 Å². The van der Waals surface area contributed by atoms with Crippen LogP contribution in [0.15, 0.2) is 35.1 Å². The Morgan fingerprint density at radius 3 is 2.46 bits per heavy atom. The molecule has 0 saturated heterocycles. The van der Waals surface area contributed by atoms with Gasteiger partial charge in [0.25, 0.3) is 0 Å². The van der Waals surface area contributed by atoms with E-state index in [-0.39, 0.29) is 0 Å². The molecule has 2 N–H and O–H groups in total. The van der Waals surface area contributed by atoms with Gasteiger partial charge in [-0.15, -0.1) is 0 Å². The van der Waals surface area contributed by atoms with Gasteiger partial charge in [-0.1, -0.05) is 35.0 Å². The van der Waals surface area contributed by atoms with Crippen LogP contribution in [0.4, 0.5) is 5.69 Å². The summed E-state index contributed by atoms with van der Waals surface area (Å²) >= 11 is 0. The molecule has 0 aliphatic rings. The fourth-order valence-corrected chi connectivity index (χ4v) is 1.18. The predicted octanol–water partition coefficient (Wildman–Crippen LogP) is 2.23. The molecular weight excluding hydrogens is 164 g/mol. The number of hydrogen-bond donors (Lipinski definition) is 1. The Hall–Kier alpha value is -1.77. The molecule has 0 spiro atoms. The zero-order chi connectivity index (χ0) is 9.26. The zero-order valence-corrected chi connectivity index (χ0v) is 7.32. The molecule has 1 aromatic heterocycles. The summed E-state index contributed by atoms with van der Waals surface area (Å²) in [5.74, 6) is 0. The summed E-state index contributed by atoms with van der Waals surface area (Å²) in [6.07, 6.45) is 1.44. The van der Waals surface area contributed by atoms with Crippen molar-refractivity contribution in [3.05, 3.63) is 36.1 Å². The van der Waals surface area contributed by atoms with Crippen molar-refractivity contribution in [3.8, 4) is 11.3 Å². The van der Waals surface area contributed by atoms with Crippen LogP contribution in [0, 0.1) is 6.92 Å². The van der Waals surface area contributed by atoms with Crippen molar-refractivity contribution in [2.45, 2.75) is 6.92 Å². The van der Waals surface area contributed by atoms with Crippen molar-refractivity contribution in [2.24, 2.45) is 0 Å². The van der Waals surface area contributed by atoms with Crippen molar-refractivity contribution >= 4 is 5.69 Å². The number of nitrogen functional groups attached to an aromatic ring is 1. The first-order valence-corrected chi connectivity index (χ1v) is 4.04. The van der Waals surface area contributed by atoms with E-state index in [0.29, 0.717) is 11.4 Å². The second-order valence-electron chi connectivity index (χ2n) is 2.98. The van der Waals surface area contributed by atoms with Crippen molar-refractivity contribution in [1.82, 2.24) is 5.16 Å². The SMILES string of the molecule is Cc1ccc(-c2nocc2N)cc1. The maximum atomic E-state index is 5.65. The first kappa shape index (κ1) is 7.86. The number of aryl methyl sites for hydroxylation is 1. The van der Waals surface area contributed by atoms with Gasteiger partial charge in [0.2, 0.25) is 0 Å². The van der Waals surface area contributed by atoms with Gasteiger partial charge in [0.15, 0.2) is 0 Å². The Balaban J connectivity index is 2.47. The largest absolute Gasteiger partial charge is 0.394 e. The van der Waals surface area contributed by atoms with E-state index in [1.54, 1.807) is 0 Å². The smallest absolute Gasteiger partial charge is 0.147 e. The van der Waals surface area contributed by atoms with Gasteiger partial charge in [-0.25, -0.2) is 0 Å². The van der Waals surface area contributed by atoms with E-state index >= 15 is 0 Å². The highest BCUT2D eigenvalue weighted by molar-refractivity contribution is 5.71. The van der Waals surface area contributed by atoms with Gasteiger partial charge in [0.1, 0.15) is 17.6 Å². The number of rotatable bonds is 1. The molecule has 0 amide bonds. The predicted molar refractivity (Wildman–Crippen MR) is 51.1 cm³/mol. The lowest BCUT2D eigenvalue weighted by Crippen LogP contribution is -1.86. The molecule has 0 radical (unpaired) electrons. The van der Waals surface area contributed by atoms with E-state index in [1.165, 1.54) is 11.8 Å². The first-order valence-electron chi connectivity index (χ1n) is 4.04. The summed E-state index contributed by atoms with van der Waals surface area (Å²) < 4.78 is 4.75. The van der Waals surface area contributed by atoms with Crippen molar-refractivity contribution in [2.75, 3.05) is 5.73 Å². The molecule has 2 aromatic rings. The molecule has 0 aliphatic heterocycles. The number of benzene rings is 1. The van der Waals surface area contributed by atoms with Crippen molar-refractivity contribution < 1.29 is 4.52 Å². The summed E-state index contributed by atoms with van der Waals surface area (Å²) in [5.41, 5.74) is 9.13. The highest BCUT2D eigenvalue weighted by Gasteiger charge is 2.05. The van der Waals surface area contributed by atoms with Gasteiger partial charge in [0.05, 0.1) is 0 Å². The Morgan fingerprint density at radius 1 is 1.23 bits per heavy atom. The zero-order valence-electron chi connectivity index (χ0n) is 7.32. The molecule has 66 valence electrons. The molecule has 2 rings (SSSR count). The quantitative estimate of drug-likeness (QED) is 0.721. The van der Waals surface area contributed by atoms with Gasteiger partial charge < -0.3 is 10.3 Å². The van der Waals surface area contributed by atoms with Crippen molar-refractivity contribution in [3.63, 3.8) is 0 Å². The number of aromatic nitrogens is 1. The molecule has 3 nitrogen and oxygen atoms in total. The molecule has 0 atom stereocenters. The lowest BCUT2D eigenvalue weighted by Gasteiger charge is -1.97. The molecule has 0 fully saturated rings. The topological polar surface area (TPSA) is 52.0 Å². The van der Waals surface area contributed by atoms with Gasteiger partial charge in [-0.3, -0.25) is 0 Å². The Kier molecular flexibility index (Phi) is 1.77. The third kappa shape index (κ3) is 1.40. The van der Waals surface area contributed by atoms with Crippen LogP contribution in [-0.4, -0.2) is 5.16 Å². The molecule has 1 heterocycles. The molecule has 0 saturated carbocycles. The third-order valence-corrected chi connectivity index (χ3v) is 1.92. The molecule has 3 heteroatoms. The van der Waals surface area contributed by atoms with E-state index in [1.807, 2.05) is 31.2 Å². The average molecular weight is 174 g/mol. The molecule has 1 aromatic carbocycles. The minimum atomic E-state index is 0.573. The number of anilines is 1. The van der Waals surface area contributed by atoms with Crippen LogP contribution >= 0.6 is 0 Å². The molecule has 13 heavy (non-hydrogen) atoms. The lowest BCUT2D eigenvalue weighted by molar-refractivity contribution is 0.422. The Morgan fingerprint density at radius 2 is 1.92 bits per heavy atom. The standard InChI is InChI=1S/C10H10N2O/c1-7-2-4-8(5-3-7)10-9(11)6-13-12-10/h2-6H,11H2,1H3. The van der Waals surface area contributed by atoms with E-state index in [0.717, 1.165) is 5.56 Å². The lowest BCUT2D eigenvalue weighted by atomic mass is 10.1. The second kappa shape index (κ2) is 2.94. The average Bonchev–Trinajstić information content (AvgIpc) is 2.53. The van der Waals surface area contributed by atoms with Crippen molar-refractivity contribution in [1.29, 1.82) is 0 Å². The van der Waals surface area contributed by atoms with Crippen LogP contribution in [0.3, 0.4) is 0 Å². The number of nitrogens with zero attached hydrogens (tertiary/aromatic N) is 1. The Bertz CT molecular complexity index is 403. The van der Waals surface area contributed by atoms with E-state index in [4.69, 9.17) is 10.3 Å². The fraction of sp³-hybridized carbons (Fsp3) is 0.100. The number of hydrogen-bond acceptors (Lipinski definition) is 3. The highest BCUT2D eigenvalue weighted by Crippen LogP contribution is 2.23. The highest BCUT2D eigenvalue weighted by atomic mass is 16.5. The van der Waals surface area contributed by atoms with Gasteiger partial charge in [-0.05, 0) is 6.92 Å². The van der Waals surface area contributed by atoms with E-state index in [2.05, 4.69) is 5.16 Å². The molecule has 0 unspecified atom stereocenters. The summed E-state index contributed by atoms with van der Waals surface area (Å²) in [6, 6.07) is 7.99. The number of nitrogens with two attached hydrogens (primary N) is 1. The van der Waals surface area contributed by atoms with Crippen LogP contribution in [-0.2, 0) is 0 Å². The second-order valence-corrected chi connectivity index (χ2v) is 2.98. The molecule has 0 bridgehead atoms. The third-order valence-electron chi connectivity index (χ3n) is 1.92. The molecular formula is C10H10N2O. The van der Waals surface area contributed by atoms with Gasteiger partial charge in [-0.2, -0.15) is 0 Å². The van der Waals surface area contributed by atoms with Gasteiger partial charge in [0, 0.05) is 5.56 Å². The molecule has 0 aliphatic carbocycles. The van der Waals surface area contributed by atoms with E-state index in [9.17, 15) is 0 Å². The Labute approximate surface area is 76.2 Å². The van der Waals surface area contributed by atoms with Crippen LogP contribution in [0.1, 0.15) is 5.56 Å². The fourth-order valence-electron chi connectivity index (χ4n) is 1.18. The normalized spacial score (nSPS) is 10.2. The summed E-state index contributed by atoms with van der Waals surface area (Å²) in [5, 5.41) is 3.82. The maximum absolute atomic E-state index is 5.65.